The Kier molecular flexibility index (Phi) is 3.29. The van der Waals surface area contributed by atoms with E-state index in [0.717, 1.165) is 12.0 Å². The first-order chi connectivity index (χ1) is 10.1. The van der Waals surface area contributed by atoms with Crippen LogP contribution in [0.15, 0.2) is 36.4 Å². The molecule has 0 amide bonds. The molecule has 0 aliphatic rings. The van der Waals surface area contributed by atoms with Crippen molar-refractivity contribution < 1.29 is 9.50 Å². The van der Waals surface area contributed by atoms with Gasteiger partial charge >= 0.3 is 0 Å². The summed E-state index contributed by atoms with van der Waals surface area (Å²) in [7, 11) is 0. The highest BCUT2D eigenvalue weighted by Gasteiger charge is 2.12. The fraction of sp³-hybridized carbons (Fsp3) is 0.176. The predicted octanol–water partition coefficient (Wildman–Crippen LogP) is 4.01. The van der Waals surface area contributed by atoms with Crippen LogP contribution in [0.2, 0.25) is 0 Å². The van der Waals surface area contributed by atoms with E-state index in [0.29, 0.717) is 22.3 Å². The summed E-state index contributed by atoms with van der Waals surface area (Å²) in [5.74, 6) is -0.101. The third-order valence-corrected chi connectivity index (χ3v) is 3.68. The molecule has 1 aromatic heterocycles. The number of aromatic hydroxyl groups is 1. The third-order valence-electron chi connectivity index (χ3n) is 3.68. The molecule has 1 N–H and O–H groups in total. The number of hydrogen-bond donors (Lipinski definition) is 1. The Bertz CT molecular complexity index is 830. The van der Waals surface area contributed by atoms with E-state index in [1.807, 2.05) is 19.1 Å². The first-order valence-electron chi connectivity index (χ1n) is 6.85. The predicted molar refractivity (Wildman–Crippen MR) is 80.7 cm³/mol. The minimum Gasteiger partial charge on any atom is -0.493 e. The second kappa shape index (κ2) is 5.13. The number of aromatic nitrogens is 2. The van der Waals surface area contributed by atoms with Crippen LogP contribution in [-0.2, 0) is 6.42 Å². The van der Waals surface area contributed by atoms with Gasteiger partial charge in [0, 0.05) is 5.56 Å². The lowest BCUT2D eigenvalue weighted by Crippen LogP contribution is -1.96. The average molecular weight is 282 g/mol. The number of rotatable bonds is 2. The summed E-state index contributed by atoms with van der Waals surface area (Å²) in [6.45, 7) is 4.05. The van der Waals surface area contributed by atoms with Gasteiger partial charge in [-0.15, -0.1) is 0 Å². The molecule has 3 aromatic rings. The van der Waals surface area contributed by atoms with Crippen molar-refractivity contribution in [3.05, 3.63) is 53.3 Å². The molecule has 0 saturated heterocycles. The van der Waals surface area contributed by atoms with Crippen molar-refractivity contribution in [3.63, 3.8) is 0 Å². The molecule has 0 spiro atoms. The van der Waals surface area contributed by atoms with Gasteiger partial charge in [-0.05, 0) is 42.7 Å². The number of halogens is 1. The Morgan fingerprint density at radius 2 is 1.95 bits per heavy atom. The lowest BCUT2D eigenvalue weighted by molar-refractivity contribution is 0.460. The zero-order valence-electron chi connectivity index (χ0n) is 11.9. The molecule has 1 heterocycles. The Morgan fingerprint density at radius 3 is 2.67 bits per heavy atom. The summed E-state index contributed by atoms with van der Waals surface area (Å²) in [6, 6.07) is 9.85. The van der Waals surface area contributed by atoms with Crippen LogP contribution in [0.5, 0.6) is 5.88 Å². The number of nitrogens with zero attached hydrogens (tertiary/aromatic N) is 2. The zero-order valence-corrected chi connectivity index (χ0v) is 11.9. The van der Waals surface area contributed by atoms with Gasteiger partial charge in [0.1, 0.15) is 5.82 Å². The van der Waals surface area contributed by atoms with Crippen LogP contribution in [0.4, 0.5) is 4.39 Å². The van der Waals surface area contributed by atoms with E-state index in [1.165, 1.54) is 17.7 Å². The summed E-state index contributed by atoms with van der Waals surface area (Å²) in [5.41, 5.74) is 3.45. The molecule has 3 rings (SSSR count). The fourth-order valence-corrected chi connectivity index (χ4v) is 2.50. The van der Waals surface area contributed by atoms with Crippen LogP contribution in [0.25, 0.3) is 22.3 Å². The maximum atomic E-state index is 13.3. The van der Waals surface area contributed by atoms with Gasteiger partial charge in [0.2, 0.25) is 5.88 Å². The monoisotopic (exact) mass is 282 g/mol. The van der Waals surface area contributed by atoms with E-state index in [1.54, 1.807) is 12.1 Å². The minimum atomic E-state index is -0.352. The Balaban J connectivity index is 2.29. The Morgan fingerprint density at radius 1 is 1.14 bits per heavy atom. The molecule has 0 aliphatic heterocycles. The van der Waals surface area contributed by atoms with E-state index in [9.17, 15) is 9.50 Å². The Labute approximate surface area is 122 Å². The van der Waals surface area contributed by atoms with E-state index in [4.69, 9.17) is 0 Å². The molecule has 0 saturated carbocycles. The van der Waals surface area contributed by atoms with Crippen molar-refractivity contribution in [2.75, 3.05) is 0 Å². The standard InChI is InChI=1S/C17H15FN2O/c1-3-11-7-8-14-15(10(11)2)19-16(20-17(14)21)12-5-4-6-13(18)9-12/h4-9H,3H2,1-2H3,(H,19,20,21). The molecule has 0 aliphatic carbocycles. The molecular weight excluding hydrogens is 267 g/mol. The van der Waals surface area contributed by atoms with Crippen molar-refractivity contribution in [1.82, 2.24) is 9.97 Å². The van der Waals surface area contributed by atoms with Gasteiger partial charge in [-0.3, -0.25) is 0 Å². The van der Waals surface area contributed by atoms with Gasteiger partial charge in [0.05, 0.1) is 10.9 Å². The molecular formula is C17H15FN2O. The topological polar surface area (TPSA) is 46.0 Å². The number of fused-ring (bicyclic) bond motifs is 1. The molecule has 4 heteroatoms. The van der Waals surface area contributed by atoms with Gasteiger partial charge < -0.3 is 5.11 Å². The molecule has 0 radical (unpaired) electrons. The van der Waals surface area contributed by atoms with Crippen molar-refractivity contribution >= 4 is 10.9 Å². The normalized spacial score (nSPS) is 11.0. The number of aryl methyl sites for hydroxylation is 2. The molecule has 0 unspecified atom stereocenters. The lowest BCUT2D eigenvalue weighted by Gasteiger charge is -2.10. The summed E-state index contributed by atoms with van der Waals surface area (Å²) < 4.78 is 13.3. The van der Waals surface area contributed by atoms with E-state index in [-0.39, 0.29) is 11.7 Å². The smallest absolute Gasteiger partial charge is 0.222 e. The zero-order chi connectivity index (χ0) is 15.0. The van der Waals surface area contributed by atoms with Gasteiger partial charge in [-0.25, -0.2) is 9.37 Å². The van der Waals surface area contributed by atoms with Crippen LogP contribution in [0.1, 0.15) is 18.1 Å². The first-order valence-corrected chi connectivity index (χ1v) is 6.85. The van der Waals surface area contributed by atoms with Crippen LogP contribution >= 0.6 is 0 Å². The van der Waals surface area contributed by atoms with Gasteiger partial charge in [-0.2, -0.15) is 4.98 Å². The molecule has 2 aromatic carbocycles. The van der Waals surface area contributed by atoms with E-state index < -0.39 is 0 Å². The maximum absolute atomic E-state index is 13.3. The highest BCUT2D eigenvalue weighted by molar-refractivity contribution is 5.88. The molecule has 3 nitrogen and oxygen atoms in total. The van der Waals surface area contributed by atoms with Gasteiger partial charge in [0.25, 0.3) is 0 Å². The summed E-state index contributed by atoms with van der Waals surface area (Å²) in [6.07, 6.45) is 0.891. The third kappa shape index (κ3) is 2.33. The lowest BCUT2D eigenvalue weighted by atomic mass is 10.0. The van der Waals surface area contributed by atoms with Crippen LogP contribution < -0.4 is 0 Å². The van der Waals surface area contributed by atoms with Gasteiger partial charge in [-0.1, -0.05) is 25.1 Å². The minimum absolute atomic E-state index is 0.0787. The second-order valence-corrected chi connectivity index (χ2v) is 4.98. The maximum Gasteiger partial charge on any atom is 0.222 e. The summed E-state index contributed by atoms with van der Waals surface area (Å²) in [5, 5.41) is 10.7. The molecule has 0 fully saturated rings. The van der Waals surface area contributed by atoms with Crippen molar-refractivity contribution in [3.8, 4) is 17.3 Å². The summed E-state index contributed by atoms with van der Waals surface area (Å²) >= 11 is 0. The van der Waals surface area contributed by atoms with Crippen molar-refractivity contribution in [1.29, 1.82) is 0 Å². The van der Waals surface area contributed by atoms with E-state index >= 15 is 0 Å². The van der Waals surface area contributed by atoms with Crippen molar-refractivity contribution in [2.24, 2.45) is 0 Å². The first kappa shape index (κ1) is 13.5. The van der Waals surface area contributed by atoms with Crippen molar-refractivity contribution in [2.45, 2.75) is 20.3 Å². The molecule has 0 atom stereocenters. The largest absolute Gasteiger partial charge is 0.493 e. The quantitative estimate of drug-likeness (QED) is 0.772. The highest BCUT2D eigenvalue weighted by atomic mass is 19.1. The van der Waals surface area contributed by atoms with Crippen LogP contribution in [0, 0.1) is 12.7 Å². The molecule has 21 heavy (non-hydrogen) atoms. The van der Waals surface area contributed by atoms with Gasteiger partial charge in [0.15, 0.2) is 5.82 Å². The SMILES string of the molecule is CCc1ccc2c(O)nc(-c3cccc(F)c3)nc2c1C. The number of benzene rings is 2. The second-order valence-electron chi connectivity index (χ2n) is 4.98. The van der Waals surface area contributed by atoms with Crippen LogP contribution in [-0.4, -0.2) is 15.1 Å². The summed E-state index contributed by atoms with van der Waals surface area (Å²) in [4.78, 5) is 8.60. The average Bonchev–Trinajstić information content (AvgIpc) is 2.48. The Hall–Kier alpha value is -2.49. The van der Waals surface area contributed by atoms with Crippen LogP contribution in [0.3, 0.4) is 0 Å². The van der Waals surface area contributed by atoms with E-state index in [2.05, 4.69) is 16.9 Å². The number of hydrogen-bond acceptors (Lipinski definition) is 3. The highest BCUT2D eigenvalue weighted by Crippen LogP contribution is 2.29. The molecule has 0 bridgehead atoms. The molecule has 106 valence electrons. The fourth-order valence-electron chi connectivity index (χ4n) is 2.50.